The quantitative estimate of drug-likeness (QED) is 0.151. The third-order valence-electron chi connectivity index (χ3n) is 12.6. The largest absolute Gasteiger partial charge is 0.309 e. The van der Waals surface area contributed by atoms with Crippen molar-refractivity contribution in [2.75, 3.05) is 0 Å². The van der Waals surface area contributed by atoms with Gasteiger partial charge in [0.1, 0.15) is 0 Å². The monoisotopic (exact) mass is 870 g/mol. The lowest BCUT2D eigenvalue weighted by Gasteiger charge is -2.16. The van der Waals surface area contributed by atoms with Gasteiger partial charge in [-0.25, -0.2) is 29.9 Å². The molecule has 0 saturated carbocycles. The van der Waals surface area contributed by atoms with Gasteiger partial charge in [-0.3, -0.25) is 0 Å². The fourth-order valence-electron chi connectivity index (χ4n) is 9.55. The molecule has 0 aliphatic carbocycles. The van der Waals surface area contributed by atoms with Crippen LogP contribution in [0.25, 0.3) is 123 Å². The number of para-hydroxylation sites is 5. The predicted molar refractivity (Wildman–Crippen MR) is 275 cm³/mol. The van der Waals surface area contributed by atoms with Crippen LogP contribution in [0.4, 0.5) is 0 Å². The molecular formula is C60H38N8. The minimum atomic E-state index is 0.517. The molecule has 4 aromatic heterocycles. The van der Waals surface area contributed by atoms with Gasteiger partial charge in [-0.2, -0.15) is 0 Å². The molecule has 0 unspecified atom stereocenters. The molecule has 0 radical (unpaired) electrons. The average Bonchev–Trinajstić information content (AvgIpc) is 3.95. The van der Waals surface area contributed by atoms with Crippen molar-refractivity contribution in [1.29, 1.82) is 0 Å². The van der Waals surface area contributed by atoms with E-state index in [-0.39, 0.29) is 0 Å². The van der Waals surface area contributed by atoms with E-state index in [1.165, 1.54) is 0 Å². The molecule has 0 saturated heterocycles. The van der Waals surface area contributed by atoms with Crippen LogP contribution >= 0.6 is 0 Å². The Balaban J connectivity index is 1.10. The van der Waals surface area contributed by atoms with Gasteiger partial charge < -0.3 is 9.13 Å². The summed E-state index contributed by atoms with van der Waals surface area (Å²) >= 11 is 0. The fourth-order valence-corrected chi connectivity index (χ4v) is 9.55. The van der Waals surface area contributed by atoms with Gasteiger partial charge in [-0.05, 0) is 54.6 Å². The van der Waals surface area contributed by atoms with E-state index in [1.807, 2.05) is 97.1 Å². The van der Waals surface area contributed by atoms with Crippen molar-refractivity contribution in [1.82, 2.24) is 39.0 Å². The predicted octanol–water partition coefficient (Wildman–Crippen LogP) is 14.3. The van der Waals surface area contributed by atoms with Crippen molar-refractivity contribution in [2.24, 2.45) is 0 Å². The third-order valence-corrected chi connectivity index (χ3v) is 12.6. The number of rotatable bonds is 8. The Morgan fingerprint density at radius 3 is 1.15 bits per heavy atom. The average molecular weight is 871 g/mol. The number of hydrogen-bond acceptors (Lipinski definition) is 6. The minimum absolute atomic E-state index is 0.517. The highest BCUT2D eigenvalue weighted by molar-refractivity contribution is 6.13. The Kier molecular flexibility index (Phi) is 9.31. The molecular weight excluding hydrogens is 833 g/mol. The van der Waals surface area contributed by atoms with Crippen LogP contribution in [-0.4, -0.2) is 39.0 Å². The standard InChI is InChI=1S/C60H38N8/c1-5-20-39(21-6-1)55-61-56(40-22-7-2-8-23-40)65-60(64-55)49-38-42(36-37-53(49)68-51-34-17-13-28-44(51)45-29-14-18-35-52(45)68)58-62-57(41-24-9-3-10-25-41)63-59(66-58)48-32-19-31-47-46-30-15-16-33-50(46)67(54(47)48)43-26-11-4-12-27-43/h1-38H. The van der Waals surface area contributed by atoms with Crippen molar-refractivity contribution in [3.63, 3.8) is 0 Å². The first-order valence-electron chi connectivity index (χ1n) is 22.6. The molecule has 8 heteroatoms. The van der Waals surface area contributed by atoms with E-state index in [0.717, 1.165) is 88.4 Å². The second-order valence-corrected chi connectivity index (χ2v) is 16.7. The fraction of sp³-hybridized carbons (Fsp3) is 0. The molecule has 0 fully saturated rings. The molecule has 8 nitrogen and oxygen atoms in total. The van der Waals surface area contributed by atoms with E-state index >= 15 is 0 Å². The molecule has 68 heavy (non-hydrogen) atoms. The third kappa shape index (κ3) is 6.62. The number of fused-ring (bicyclic) bond motifs is 6. The van der Waals surface area contributed by atoms with Gasteiger partial charge in [0.05, 0.1) is 27.8 Å². The summed E-state index contributed by atoms with van der Waals surface area (Å²) in [7, 11) is 0. The van der Waals surface area contributed by atoms with Gasteiger partial charge in [-0.15, -0.1) is 0 Å². The molecule has 0 aliphatic rings. The highest BCUT2D eigenvalue weighted by Crippen LogP contribution is 2.40. The minimum Gasteiger partial charge on any atom is -0.309 e. The molecule has 0 bridgehead atoms. The summed E-state index contributed by atoms with van der Waals surface area (Å²) in [6.45, 7) is 0. The maximum absolute atomic E-state index is 5.42. The van der Waals surface area contributed by atoms with Crippen LogP contribution in [0.1, 0.15) is 0 Å². The molecule has 0 amide bonds. The van der Waals surface area contributed by atoms with Crippen molar-refractivity contribution in [2.45, 2.75) is 0 Å². The summed E-state index contributed by atoms with van der Waals surface area (Å²) in [5.41, 5.74) is 11.3. The summed E-state index contributed by atoms with van der Waals surface area (Å²) in [5.74, 6) is 3.31. The van der Waals surface area contributed by atoms with E-state index in [0.29, 0.717) is 34.9 Å². The Morgan fingerprint density at radius 1 is 0.250 bits per heavy atom. The molecule has 0 atom stereocenters. The Bertz CT molecular complexity index is 3900. The van der Waals surface area contributed by atoms with Crippen LogP contribution in [0.3, 0.4) is 0 Å². The summed E-state index contributed by atoms with van der Waals surface area (Å²) in [6.07, 6.45) is 0. The van der Waals surface area contributed by atoms with E-state index in [4.69, 9.17) is 29.9 Å². The second-order valence-electron chi connectivity index (χ2n) is 16.7. The first-order valence-corrected chi connectivity index (χ1v) is 22.6. The number of aromatic nitrogens is 8. The van der Waals surface area contributed by atoms with Gasteiger partial charge in [0.2, 0.25) is 0 Å². The lowest BCUT2D eigenvalue weighted by molar-refractivity contribution is 1.06. The first-order chi connectivity index (χ1) is 33.7. The zero-order chi connectivity index (χ0) is 45.0. The van der Waals surface area contributed by atoms with E-state index in [2.05, 4.69) is 143 Å². The SMILES string of the molecule is c1ccc(-c2nc(-c3ccccc3)nc(-c3cc(-c4nc(-c5ccccc5)nc(-c5cccc6c7ccccc7n(-c7ccccc7)c56)n4)ccc3-n3c4ccccc4c4ccccc43)n2)cc1. The highest BCUT2D eigenvalue weighted by atomic mass is 15.1. The smallest absolute Gasteiger partial charge is 0.166 e. The van der Waals surface area contributed by atoms with Gasteiger partial charge in [0, 0.05) is 60.6 Å². The molecule has 4 heterocycles. The second kappa shape index (κ2) is 16.2. The van der Waals surface area contributed by atoms with Gasteiger partial charge in [0.25, 0.3) is 0 Å². The maximum Gasteiger partial charge on any atom is 0.166 e. The van der Waals surface area contributed by atoms with Crippen LogP contribution in [0, 0.1) is 0 Å². The molecule has 0 aliphatic heterocycles. The summed E-state index contributed by atoms with van der Waals surface area (Å²) < 4.78 is 4.63. The zero-order valence-corrected chi connectivity index (χ0v) is 36.5. The molecule has 0 spiro atoms. The van der Waals surface area contributed by atoms with Crippen molar-refractivity contribution in [3.8, 4) is 79.7 Å². The van der Waals surface area contributed by atoms with Crippen molar-refractivity contribution < 1.29 is 0 Å². The van der Waals surface area contributed by atoms with Crippen LogP contribution in [0.2, 0.25) is 0 Å². The van der Waals surface area contributed by atoms with Gasteiger partial charge in [0.15, 0.2) is 34.9 Å². The Morgan fingerprint density at radius 2 is 0.632 bits per heavy atom. The van der Waals surface area contributed by atoms with Crippen LogP contribution in [-0.2, 0) is 0 Å². The lowest BCUT2D eigenvalue weighted by atomic mass is 10.0. The number of benzene rings is 9. The van der Waals surface area contributed by atoms with E-state index < -0.39 is 0 Å². The number of nitrogens with zero attached hydrogens (tertiary/aromatic N) is 8. The first kappa shape index (κ1) is 39.0. The molecule has 0 N–H and O–H groups in total. The van der Waals surface area contributed by atoms with Crippen LogP contribution < -0.4 is 0 Å². The van der Waals surface area contributed by atoms with Crippen LogP contribution in [0.15, 0.2) is 231 Å². The van der Waals surface area contributed by atoms with Gasteiger partial charge in [-0.1, -0.05) is 176 Å². The molecule has 318 valence electrons. The number of hydrogen-bond donors (Lipinski definition) is 0. The van der Waals surface area contributed by atoms with Gasteiger partial charge >= 0.3 is 0 Å². The summed E-state index contributed by atoms with van der Waals surface area (Å²) in [5, 5.41) is 4.57. The molecule has 13 aromatic rings. The van der Waals surface area contributed by atoms with Crippen LogP contribution in [0.5, 0.6) is 0 Å². The summed E-state index contributed by atoms with van der Waals surface area (Å²) in [6, 6.07) is 79.2. The van der Waals surface area contributed by atoms with E-state index in [9.17, 15) is 0 Å². The maximum atomic E-state index is 5.42. The topological polar surface area (TPSA) is 87.2 Å². The normalized spacial score (nSPS) is 11.5. The Hall–Kier alpha value is -9.40. The summed E-state index contributed by atoms with van der Waals surface area (Å²) in [4.78, 5) is 31.6. The Labute approximate surface area is 391 Å². The zero-order valence-electron chi connectivity index (χ0n) is 36.5. The lowest BCUT2D eigenvalue weighted by Crippen LogP contribution is -2.05. The molecule has 13 rings (SSSR count). The van der Waals surface area contributed by atoms with Crippen molar-refractivity contribution >= 4 is 43.6 Å². The van der Waals surface area contributed by atoms with Crippen molar-refractivity contribution in [3.05, 3.63) is 231 Å². The highest BCUT2D eigenvalue weighted by Gasteiger charge is 2.23. The van der Waals surface area contributed by atoms with E-state index in [1.54, 1.807) is 0 Å². The molecule has 9 aromatic carbocycles.